The summed E-state index contributed by atoms with van der Waals surface area (Å²) in [5.41, 5.74) is 3.43. The zero-order valence-electron chi connectivity index (χ0n) is 18.6. The van der Waals surface area contributed by atoms with Crippen molar-refractivity contribution in [3.05, 3.63) is 41.2 Å². The molecule has 0 saturated carbocycles. The largest absolute Gasteiger partial charge is 0.317 e. The van der Waals surface area contributed by atoms with Crippen molar-refractivity contribution in [1.82, 2.24) is 15.1 Å². The van der Waals surface area contributed by atoms with Gasteiger partial charge in [0, 0.05) is 7.05 Å². The Hall–Kier alpha value is -1.86. The van der Waals surface area contributed by atoms with E-state index in [1.807, 2.05) is 26.1 Å². The van der Waals surface area contributed by atoms with Gasteiger partial charge in [0.25, 0.3) is 10.0 Å². The van der Waals surface area contributed by atoms with Crippen LogP contribution in [0.2, 0.25) is 0 Å². The number of unbranched alkanes of at least 4 members (excludes halogenated alkanes) is 1. The summed E-state index contributed by atoms with van der Waals surface area (Å²) in [5.74, 6) is 0.873. The molecule has 3 rings (SSSR count). The van der Waals surface area contributed by atoms with Gasteiger partial charge in [-0.3, -0.25) is 9.40 Å². The summed E-state index contributed by atoms with van der Waals surface area (Å²) >= 11 is 0. The van der Waals surface area contributed by atoms with Gasteiger partial charge < -0.3 is 5.32 Å². The summed E-state index contributed by atoms with van der Waals surface area (Å²) in [4.78, 5) is 0.298. The third-order valence-electron chi connectivity index (χ3n) is 6.15. The molecule has 0 bridgehead atoms. The van der Waals surface area contributed by atoms with Gasteiger partial charge in [-0.15, -0.1) is 0 Å². The van der Waals surface area contributed by atoms with Crippen LogP contribution in [0.1, 0.15) is 62.4 Å². The first-order valence-corrected chi connectivity index (χ1v) is 12.7. The van der Waals surface area contributed by atoms with Gasteiger partial charge in [0.05, 0.1) is 22.0 Å². The molecule has 6 nitrogen and oxygen atoms in total. The number of aryl methyl sites for hydroxylation is 3. The van der Waals surface area contributed by atoms with Crippen molar-refractivity contribution in [3.8, 4) is 0 Å². The van der Waals surface area contributed by atoms with Gasteiger partial charge in [0.2, 0.25) is 0 Å². The van der Waals surface area contributed by atoms with Crippen LogP contribution in [0.15, 0.2) is 29.2 Å². The summed E-state index contributed by atoms with van der Waals surface area (Å²) in [7, 11) is -1.79. The maximum Gasteiger partial charge on any atom is 0.262 e. The average Bonchev–Trinajstić information content (AvgIpc) is 3.00. The van der Waals surface area contributed by atoms with Crippen LogP contribution in [0.4, 0.5) is 5.69 Å². The van der Waals surface area contributed by atoms with Gasteiger partial charge >= 0.3 is 0 Å². The number of aromatic nitrogens is 2. The Morgan fingerprint density at radius 2 is 1.83 bits per heavy atom. The second kappa shape index (κ2) is 10.4. The number of nitrogens with one attached hydrogen (secondary N) is 2. The minimum absolute atomic E-state index is 0.298. The highest BCUT2D eigenvalue weighted by atomic mass is 32.2. The smallest absolute Gasteiger partial charge is 0.262 e. The van der Waals surface area contributed by atoms with E-state index in [2.05, 4.69) is 22.1 Å². The van der Waals surface area contributed by atoms with E-state index in [1.165, 1.54) is 31.2 Å². The van der Waals surface area contributed by atoms with Crippen molar-refractivity contribution in [2.45, 2.75) is 70.1 Å². The third kappa shape index (κ3) is 5.85. The highest BCUT2D eigenvalue weighted by Gasteiger charge is 2.20. The lowest BCUT2D eigenvalue weighted by Gasteiger charge is -2.22. The number of anilines is 1. The van der Waals surface area contributed by atoms with Crippen LogP contribution in [-0.4, -0.2) is 31.3 Å². The predicted octanol–water partition coefficient (Wildman–Crippen LogP) is 4.19. The van der Waals surface area contributed by atoms with Crippen molar-refractivity contribution in [2.75, 3.05) is 17.8 Å². The normalized spacial score (nSPS) is 15.4. The first kappa shape index (κ1) is 22.8. The first-order valence-electron chi connectivity index (χ1n) is 11.3. The lowest BCUT2D eigenvalue weighted by Crippen LogP contribution is -2.27. The van der Waals surface area contributed by atoms with Crippen LogP contribution in [0.3, 0.4) is 0 Å². The molecule has 1 aromatic carbocycles. The zero-order chi connectivity index (χ0) is 21.6. The molecule has 1 saturated heterocycles. The molecular weight excluding hydrogens is 396 g/mol. The van der Waals surface area contributed by atoms with E-state index in [9.17, 15) is 8.42 Å². The summed E-state index contributed by atoms with van der Waals surface area (Å²) in [6.07, 6.45) is 8.97. The van der Waals surface area contributed by atoms with Gasteiger partial charge in [-0.25, -0.2) is 8.42 Å². The van der Waals surface area contributed by atoms with E-state index in [0.29, 0.717) is 10.6 Å². The van der Waals surface area contributed by atoms with Crippen LogP contribution in [-0.2, 0) is 29.9 Å². The molecule has 0 amide bonds. The second-order valence-corrected chi connectivity index (χ2v) is 10.2. The van der Waals surface area contributed by atoms with Gasteiger partial charge in [-0.2, -0.15) is 5.10 Å². The fourth-order valence-corrected chi connectivity index (χ4v) is 5.33. The molecule has 0 atom stereocenters. The van der Waals surface area contributed by atoms with E-state index in [0.717, 1.165) is 56.1 Å². The third-order valence-corrected chi connectivity index (χ3v) is 7.52. The van der Waals surface area contributed by atoms with E-state index < -0.39 is 10.0 Å². The molecule has 2 N–H and O–H groups in total. The molecule has 0 radical (unpaired) electrons. The summed E-state index contributed by atoms with van der Waals surface area (Å²) in [5, 5.41) is 7.87. The minimum atomic E-state index is -3.63. The van der Waals surface area contributed by atoms with Crippen molar-refractivity contribution in [2.24, 2.45) is 13.0 Å². The maximum atomic E-state index is 12.9. The Labute approximate surface area is 181 Å². The van der Waals surface area contributed by atoms with E-state index >= 15 is 0 Å². The minimum Gasteiger partial charge on any atom is -0.317 e. The number of piperidine rings is 1. The molecule has 0 spiro atoms. The van der Waals surface area contributed by atoms with Gasteiger partial charge in [0.1, 0.15) is 0 Å². The molecule has 1 aliphatic rings. The molecule has 0 unspecified atom stereocenters. The highest BCUT2D eigenvalue weighted by Crippen LogP contribution is 2.25. The van der Waals surface area contributed by atoms with E-state index in [1.54, 1.807) is 16.8 Å². The van der Waals surface area contributed by atoms with Crippen molar-refractivity contribution < 1.29 is 8.42 Å². The SMILES string of the molecule is CCCc1nn(C)c(C)c1NS(=O)(=O)c1ccc(CCCCC2CCNCC2)cc1. The van der Waals surface area contributed by atoms with Crippen LogP contribution in [0.5, 0.6) is 0 Å². The van der Waals surface area contributed by atoms with Crippen LogP contribution in [0.25, 0.3) is 0 Å². The van der Waals surface area contributed by atoms with E-state index in [4.69, 9.17) is 0 Å². The number of hydrogen-bond donors (Lipinski definition) is 2. The molecule has 1 aromatic heterocycles. The average molecular weight is 433 g/mol. The van der Waals surface area contributed by atoms with Crippen LogP contribution < -0.4 is 10.0 Å². The topological polar surface area (TPSA) is 76.0 Å². The fourth-order valence-electron chi connectivity index (χ4n) is 4.18. The standard InChI is InChI=1S/C23H36N4O2S/c1-4-7-22-23(18(2)27(3)25-22)26-30(28,29)21-12-10-19(11-13-21)8-5-6-9-20-14-16-24-17-15-20/h10-13,20,24,26H,4-9,14-17H2,1-3H3. The van der Waals surface area contributed by atoms with Crippen LogP contribution >= 0.6 is 0 Å². The predicted molar refractivity (Wildman–Crippen MR) is 122 cm³/mol. The first-order chi connectivity index (χ1) is 14.4. The van der Waals surface area contributed by atoms with Crippen LogP contribution in [0, 0.1) is 12.8 Å². The van der Waals surface area contributed by atoms with Gasteiger partial charge in [-0.1, -0.05) is 38.3 Å². The Morgan fingerprint density at radius 3 is 2.50 bits per heavy atom. The number of benzene rings is 1. The van der Waals surface area contributed by atoms with Crippen molar-refractivity contribution >= 4 is 15.7 Å². The molecule has 1 fully saturated rings. The van der Waals surface area contributed by atoms with E-state index in [-0.39, 0.29) is 0 Å². The Balaban J connectivity index is 1.57. The maximum absolute atomic E-state index is 12.9. The molecule has 166 valence electrons. The Morgan fingerprint density at radius 1 is 1.13 bits per heavy atom. The monoisotopic (exact) mass is 432 g/mol. The molecular formula is C23H36N4O2S. The quantitative estimate of drug-likeness (QED) is 0.552. The number of rotatable bonds is 10. The Bertz CT molecular complexity index is 913. The molecule has 2 heterocycles. The second-order valence-electron chi connectivity index (χ2n) is 8.47. The molecule has 1 aliphatic heterocycles. The van der Waals surface area contributed by atoms with Crippen molar-refractivity contribution in [1.29, 1.82) is 0 Å². The fraction of sp³-hybridized carbons (Fsp3) is 0.609. The summed E-state index contributed by atoms with van der Waals surface area (Å²) in [6, 6.07) is 7.33. The lowest BCUT2D eigenvalue weighted by atomic mass is 9.92. The summed E-state index contributed by atoms with van der Waals surface area (Å²) < 4.78 is 30.3. The molecule has 30 heavy (non-hydrogen) atoms. The molecule has 7 heteroatoms. The Kier molecular flexibility index (Phi) is 7.94. The number of nitrogens with zero attached hydrogens (tertiary/aromatic N) is 2. The summed E-state index contributed by atoms with van der Waals surface area (Å²) in [6.45, 7) is 6.27. The highest BCUT2D eigenvalue weighted by molar-refractivity contribution is 7.92. The lowest BCUT2D eigenvalue weighted by molar-refractivity contribution is 0.344. The molecule has 2 aromatic rings. The van der Waals surface area contributed by atoms with Gasteiger partial charge in [-0.05, 0) is 75.7 Å². The molecule has 0 aliphatic carbocycles. The number of hydrogen-bond acceptors (Lipinski definition) is 4. The number of sulfonamides is 1. The van der Waals surface area contributed by atoms with Gasteiger partial charge in [0.15, 0.2) is 0 Å². The van der Waals surface area contributed by atoms with Crippen molar-refractivity contribution in [3.63, 3.8) is 0 Å². The zero-order valence-corrected chi connectivity index (χ0v) is 19.4.